The Bertz CT molecular complexity index is 655. The molecule has 0 aliphatic heterocycles. The number of nitrogens with one attached hydrogen (secondary N) is 1. The molecule has 0 radical (unpaired) electrons. The first kappa shape index (κ1) is 16.0. The maximum atomic E-state index is 12.6. The fraction of sp³-hybridized carbons (Fsp3) is 0.500. The molecule has 1 fully saturated rings. The third-order valence-electron chi connectivity index (χ3n) is 4.16. The minimum Gasteiger partial charge on any atom is -0.393 e. The van der Waals surface area contributed by atoms with Gasteiger partial charge in [0.2, 0.25) is 0 Å². The highest BCUT2D eigenvalue weighted by Crippen LogP contribution is 2.37. The monoisotopic (exact) mass is 332 g/mol. The smallest absolute Gasteiger partial charge is 0.265 e. The molecule has 1 amide bonds. The SMILES string of the molecule is CCCc1nnsc1C(=O)N[C@H](c1ccccn1)C1CC(O)C1. The van der Waals surface area contributed by atoms with Crippen LogP contribution in [-0.4, -0.2) is 31.7 Å². The maximum Gasteiger partial charge on any atom is 0.265 e. The average molecular weight is 332 g/mol. The summed E-state index contributed by atoms with van der Waals surface area (Å²) >= 11 is 1.13. The molecule has 1 atom stereocenters. The Morgan fingerprint density at radius 2 is 2.30 bits per heavy atom. The van der Waals surface area contributed by atoms with E-state index in [1.54, 1.807) is 6.20 Å². The van der Waals surface area contributed by atoms with Crippen LogP contribution in [0.15, 0.2) is 24.4 Å². The number of amides is 1. The van der Waals surface area contributed by atoms with Gasteiger partial charge in [-0.15, -0.1) is 5.10 Å². The van der Waals surface area contributed by atoms with E-state index in [0.717, 1.165) is 35.8 Å². The molecule has 7 heteroatoms. The highest BCUT2D eigenvalue weighted by molar-refractivity contribution is 7.08. The lowest BCUT2D eigenvalue weighted by atomic mass is 9.76. The van der Waals surface area contributed by atoms with E-state index in [4.69, 9.17) is 0 Å². The second kappa shape index (κ2) is 7.14. The molecule has 2 N–H and O–H groups in total. The van der Waals surface area contributed by atoms with Crippen molar-refractivity contribution in [1.29, 1.82) is 0 Å². The van der Waals surface area contributed by atoms with Gasteiger partial charge in [0.05, 0.1) is 23.5 Å². The lowest BCUT2D eigenvalue weighted by Gasteiger charge is -2.37. The van der Waals surface area contributed by atoms with Crippen molar-refractivity contribution in [1.82, 2.24) is 19.9 Å². The molecule has 2 aromatic rings. The van der Waals surface area contributed by atoms with Gasteiger partial charge in [-0.2, -0.15) is 0 Å². The minimum atomic E-state index is -0.274. The molecule has 2 aromatic heterocycles. The van der Waals surface area contributed by atoms with E-state index >= 15 is 0 Å². The number of hydrogen-bond acceptors (Lipinski definition) is 6. The van der Waals surface area contributed by atoms with Crippen molar-refractivity contribution in [3.05, 3.63) is 40.7 Å². The summed E-state index contributed by atoms with van der Waals surface area (Å²) in [5.41, 5.74) is 1.58. The molecule has 0 unspecified atom stereocenters. The quantitative estimate of drug-likeness (QED) is 0.846. The number of hydrogen-bond donors (Lipinski definition) is 2. The number of aryl methyl sites for hydroxylation is 1. The van der Waals surface area contributed by atoms with E-state index in [1.807, 2.05) is 25.1 Å². The summed E-state index contributed by atoms with van der Waals surface area (Å²) in [7, 11) is 0. The van der Waals surface area contributed by atoms with Crippen LogP contribution in [0.1, 0.15) is 53.3 Å². The van der Waals surface area contributed by atoms with Gasteiger partial charge >= 0.3 is 0 Å². The molecule has 0 aromatic carbocycles. The topological polar surface area (TPSA) is 88.0 Å². The molecule has 23 heavy (non-hydrogen) atoms. The molecule has 0 bridgehead atoms. The van der Waals surface area contributed by atoms with Crippen LogP contribution in [0.2, 0.25) is 0 Å². The normalized spacial score (nSPS) is 21.5. The van der Waals surface area contributed by atoms with Crippen LogP contribution in [0.25, 0.3) is 0 Å². The zero-order valence-electron chi connectivity index (χ0n) is 13.0. The third-order valence-corrected chi connectivity index (χ3v) is 4.93. The second-order valence-corrected chi connectivity index (χ2v) is 6.64. The Hall–Kier alpha value is -1.86. The average Bonchev–Trinajstić information content (AvgIpc) is 2.99. The molecule has 6 nitrogen and oxygen atoms in total. The molecular formula is C16H20N4O2S. The molecule has 0 spiro atoms. The van der Waals surface area contributed by atoms with Crippen LogP contribution < -0.4 is 5.32 Å². The van der Waals surface area contributed by atoms with Crippen molar-refractivity contribution >= 4 is 17.4 Å². The Morgan fingerprint density at radius 1 is 1.48 bits per heavy atom. The summed E-state index contributed by atoms with van der Waals surface area (Å²) in [5.74, 6) is 0.0554. The van der Waals surface area contributed by atoms with Crippen LogP contribution in [0.3, 0.4) is 0 Å². The van der Waals surface area contributed by atoms with E-state index < -0.39 is 0 Å². The van der Waals surface area contributed by atoms with Crippen molar-refractivity contribution in [2.75, 3.05) is 0 Å². The fourth-order valence-electron chi connectivity index (χ4n) is 2.88. The third kappa shape index (κ3) is 3.56. The van der Waals surface area contributed by atoms with Gasteiger partial charge in [-0.1, -0.05) is 23.9 Å². The molecule has 0 saturated heterocycles. The fourth-order valence-corrected chi connectivity index (χ4v) is 3.49. The molecule has 1 aliphatic carbocycles. The van der Waals surface area contributed by atoms with Crippen molar-refractivity contribution in [2.24, 2.45) is 5.92 Å². The number of aliphatic hydroxyl groups excluding tert-OH is 1. The molecule has 1 saturated carbocycles. The molecule has 3 rings (SSSR count). The number of aliphatic hydroxyl groups is 1. The Labute approximate surface area is 139 Å². The molecule has 2 heterocycles. The first-order chi connectivity index (χ1) is 11.2. The van der Waals surface area contributed by atoms with E-state index in [2.05, 4.69) is 19.9 Å². The first-order valence-corrected chi connectivity index (χ1v) is 8.67. The van der Waals surface area contributed by atoms with E-state index in [0.29, 0.717) is 17.7 Å². The van der Waals surface area contributed by atoms with Gasteiger partial charge in [0.1, 0.15) is 4.88 Å². The van der Waals surface area contributed by atoms with Gasteiger partial charge in [-0.3, -0.25) is 9.78 Å². The Morgan fingerprint density at radius 3 is 2.96 bits per heavy atom. The van der Waals surface area contributed by atoms with Gasteiger partial charge in [-0.25, -0.2) is 0 Å². The first-order valence-electron chi connectivity index (χ1n) is 7.90. The van der Waals surface area contributed by atoms with Crippen molar-refractivity contribution < 1.29 is 9.90 Å². The number of pyridine rings is 1. The minimum absolute atomic E-state index is 0.152. The van der Waals surface area contributed by atoms with Crippen LogP contribution in [-0.2, 0) is 6.42 Å². The number of nitrogens with zero attached hydrogens (tertiary/aromatic N) is 3. The van der Waals surface area contributed by atoms with Crippen molar-refractivity contribution in [3.63, 3.8) is 0 Å². The van der Waals surface area contributed by atoms with Crippen LogP contribution in [0.5, 0.6) is 0 Å². The van der Waals surface area contributed by atoms with Crippen LogP contribution in [0, 0.1) is 5.92 Å². The Balaban J connectivity index is 1.78. The summed E-state index contributed by atoms with van der Waals surface area (Å²) in [4.78, 5) is 17.6. The van der Waals surface area contributed by atoms with Gasteiger partial charge < -0.3 is 10.4 Å². The zero-order chi connectivity index (χ0) is 16.2. The Kier molecular flexibility index (Phi) is 4.97. The van der Waals surface area contributed by atoms with E-state index in [-0.39, 0.29) is 24.0 Å². The van der Waals surface area contributed by atoms with Crippen LogP contribution in [0.4, 0.5) is 0 Å². The van der Waals surface area contributed by atoms with Crippen molar-refractivity contribution in [2.45, 2.75) is 44.8 Å². The van der Waals surface area contributed by atoms with Crippen LogP contribution >= 0.6 is 11.5 Å². The highest BCUT2D eigenvalue weighted by Gasteiger charge is 2.36. The number of carbonyl (C=O) groups excluding carboxylic acids is 1. The van der Waals surface area contributed by atoms with Gasteiger partial charge in [0.25, 0.3) is 5.91 Å². The van der Waals surface area contributed by atoms with E-state index in [9.17, 15) is 9.90 Å². The zero-order valence-corrected chi connectivity index (χ0v) is 13.8. The maximum absolute atomic E-state index is 12.6. The summed E-state index contributed by atoms with van der Waals surface area (Å²) in [5, 5.41) is 16.7. The largest absolute Gasteiger partial charge is 0.393 e. The summed E-state index contributed by atoms with van der Waals surface area (Å²) in [6.07, 6.45) is 4.48. The summed E-state index contributed by atoms with van der Waals surface area (Å²) in [6, 6.07) is 5.48. The van der Waals surface area contributed by atoms with Gasteiger partial charge in [0.15, 0.2) is 0 Å². The van der Waals surface area contributed by atoms with Gasteiger partial charge in [0, 0.05) is 6.20 Å². The van der Waals surface area contributed by atoms with Gasteiger partial charge in [-0.05, 0) is 48.8 Å². The highest BCUT2D eigenvalue weighted by atomic mass is 32.1. The molecular weight excluding hydrogens is 312 g/mol. The molecule has 122 valence electrons. The number of carbonyl (C=O) groups is 1. The lowest BCUT2D eigenvalue weighted by molar-refractivity contribution is 0.0228. The number of aromatic nitrogens is 3. The van der Waals surface area contributed by atoms with E-state index in [1.165, 1.54) is 0 Å². The molecule has 1 aliphatic rings. The van der Waals surface area contributed by atoms with Crippen molar-refractivity contribution in [3.8, 4) is 0 Å². The predicted molar refractivity (Wildman–Crippen MR) is 87.1 cm³/mol. The summed E-state index contributed by atoms with van der Waals surface area (Å²) < 4.78 is 3.91. The number of rotatable bonds is 6. The second-order valence-electron chi connectivity index (χ2n) is 5.89. The predicted octanol–water partition coefficient (Wildman–Crippen LogP) is 2.13. The standard InChI is InChI=1S/C16H20N4O2S/c1-2-5-13-15(23-20-19-13)16(22)18-14(10-8-11(21)9-10)12-6-3-4-7-17-12/h3-4,6-7,10-11,14,21H,2,5,8-9H2,1H3,(H,18,22)/t10?,11?,14-/m0/s1. The lowest BCUT2D eigenvalue weighted by Crippen LogP contribution is -2.41. The summed E-state index contributed by atoms with van der Waals surface area (Å²) in [6.45, 7) is 2.05.